The number of alkyl halides is 2. The van der Waals surface area contributed by atoms with Gasteiger partial charge in [-0.3, -0.25) is 0 Å². The molecular weight excluding hydrogens is 182 g/mol. The van der Waals surface area contributed by atoms with Gasteiger partial charge in [0.1, 0.15) is 0 Å². The summed E-state index contributed by atoms with van der Waals surface area (Å²) in [7, 11) is 0. The van der Waals surface area contributed by atoms with Crippen LogP contribution in [0, 0.1) is 5.92 Å². The minimum atomic E-state index is -2.48. The summed E-state index contributed by atoms with van der Waals surface area (Å²) in [6.45, 7) is 9.13. The lowest BCUT2D eigenvalue weighted by molar-refractivity contribution is -0.0448. The third-order valence-electron chi connectivity index (χ3n) is 2.12. The second-order valence-electron chi connectivity index (χ2n) is 3.91. The summed E-state index contributed by atoms with van der Waals surface area (Å²) >= 11 is 0. The molecule has 1 unspecified atom stereocenters. The van der Waals surface area contributed by atoms with Crippen molar-refractivity contribution in [1.29, 1.82) is 0 Å². The highest BCUT2D eigenvalue weighted by molar-refractivity contribution is 4.70. The Hall–Kier alpha value is -0.140. The number of hydrogen-bond donors (Lipinski definition) is 0. The Balaban J connectivity index is 0. The van der Waals surface area contributed by atoms with Crippen molar-refractivity contribution in [3.8, 4) is 0 Å². The van der Waals surface area contributed by atoms with Gasteiger partial charge in [0.15, 0.2) is 0 Å². The largest absolute Gasteiger partial charge is 0.248 e. The van der Waals surface area contributed by atoms with Gasteiger partial charge in [-0.25, -0.2) is 8.78 Å². The highest BCUT2D eigenvalue weighted by Crippen LogP contribution is 2.30. The fourth-order valence-corrected chi connectivity index (χ4v) is 1.27. The van der Waals surface area contributed by atoms with E-state index in [2.05, 4.69) is 13.8 Å². The molecule has 0 N–H and O–H groups in total. The predicted molar refractivity (Wildman–Crippen MR) is 59.9 cm³/mol. The van der Waals surface area contributed by atoms with Crippen molar-refractivity contribution < 1.29 is 8.78 Å². The SMILES string of the molecule is CCC.CCCCC(CC)C(C)(F)F. The third kappa shape index (κ3) is 9.94. The minimum absolute atomic E-state index is 0.414. The van der Waals surface area contributed by atoms with E-state index in [0.29, 0.717) is 12.8 Å². The van der Waals surface area contributed by atoms with Crippen molar-refractivity contribution in [3.63, 3.8) is 0 Å². The first-order valence-electron chi connectivity index (χ1n) is 5.81. The number of hydrogen-bond acceptors (Lipinski definition) is 0. The van der Waals surface area contributed by atoms with Crippen LogP contribution in [-0.2, 0) is 0 Å². The van der Waals surface area contributed by atoms with Crippen LogP contribution >= 0.6 is 0 Å². The molecule has 14 heavy (non-hydrogen) atoms. The zero-order chi connectivity index (χ0) is 11.6. The summed E-state index contributed by atoms with van der Waals surface area (Å²) in [5, 5.41) is 0. The van der Waals surface area contributed by atoms with Crippen LogP contribution in [0.3, 0.4) is 0 Å². The molecule has 0 spiro atoms. The Morgan fingerprint density at radius 1 is 1.07 bits per heavy atom. The van der Waals surface area contributed by atoms with Crippen molar-refractivity contribution in [2.45, 2.75) is 72.6 Å². The standard InChI is InChI=1S/C9H18F2.C3H8/c1-4-6-7-8(5-2)9(3,10)11;1-3-2/h8H,4-7H2,1-3H3;3H2,1-2H3. The van der Waals surface area contributed by atoms with Crippen LogP contribution in [0.4, 0.5) is 8.78 Å². The fraction of sp³-hybridized carbons (Fsp3) is 1.00. The van der Waals surface area contributed by atoms with Gasteiger partial charge in [-0.2, -0.15) is 0 Å². The molecule has 2 heteroatoms. The van der Waals surface area contributed by atoms with Gasteiger partial charge in [0.05, 0.1) is 0 Å². The summed E-state index contributed by atoms with van der Waals surface area (Å²) in [5.74, 6) is -2.90. The van der Waals surface area contributed by atoms with Gasteiger partial charge in [0.2, 0.25) is 5.92 Å². The molecule has 0 fully saturated rings. The van der Waals surface area contributed by atoms with Crippen molar-refractivity contribution in [2.75, 3.05) is 0 Å². The Morgan fingerprint density at radius 3 is 1.71 bits per heavy atom. The first-order valence-corrected chi connectivity index (χ1v) is 5.81. The zero-order valence-corrected chi connectivity index (χ0v) is 10.4. The van der Waals surface area contributed by atoms with E-state index in [9.17, 15) is 8.78 Å². The smallest absolute Gasteiger partial charge is 0.207 e. The molecule has 0 nitrogen and oxygen atoms in total. The van der Waals surface area contributed by atoms with Gasteiger partial charge in [0.25, 0.3) is 0 Å². The first kappa shape index (κ1) is 16.3. The van der Waals surface area contributed by atoms with Crippen molar-refractivity contribution in [1.82, 2.24) is 0 Å². The maximum atomic E-state index is 12.7. The van der Waals surface area contributed by atoms with E-state index < -0.39 is 11.8 Å². The van der Waals surface area contributed by atoms with Crippen LogP contribution in [0.5, 0.6) is 0 Å². The lowest BCUT2D eigenvalue weighted by Gasteiger charge is -2.21. The molecular formula is C12H26F2. The molecule has 0 radical (unpaired) electrons. The molecule has 0 saturated carbocycles. The van der Waals surface area contributed by atoms with Crippen LogP contribution in [0.1, 0.15) is 66.7 Å². The molecule has 0 aliphatic carbocycles. The highest BCUT2D eigenvalue weighted by atomic mass is 19.3. The van der Waals surface area contributed by atoms with Crippen LogP contribution in [0.15, 0.2) is 0 Å². The highest BCUT2D eigenvalue weighted by Gasteiger charge is 2.31. The normalized spacial score (nSPS) is 13.1. The van der Waals surface area contributed by atoms with Crippen molar-refractivity contribution in [2.24, 2.45) is 5.92 Å². The third-order valence-corrected chi connectivity index (χ3v) is 2.12. The van der Waals surface area contributed by atoms with Crippen LogP contribution in [0.25, 0.3) is 0 Å². The molecule has 0 aliphatic heterocycles. The van der Waals surface area contributed by atoms with Gasteiger partial charge in [-0.15, -0.1) is 0 Å². The second kappa shape index (κ2) is 9.42. The van der Waals surface area contributed by atoms with Crippen LogP contribution < -0.4 is 0 Å². The fourth-order valence-electron chi connectivity index (χ4n) is 1.27. The van der Waals surface area contributed by atoms with E-state index in [0.717, 1.165) is 19.8 Å². The summed E-state index contributed by atoms with van der Waals surface area (Å²) in [5.41, 5.74) is 0. The predicted octanol–water partition coefficient (Wildman–Crippen LogP) is 5.27. The molecule has 0 saturated heterocycles. The summed E-state index contributed by atoms with van der Waals surface area (Å²) in [4.78, 5) is 0. The summed E-state index contributed by atoms with van der Waals surface area (Å²) in [6.07, 6.45) is 4.43. The number of rotatable bonds is 5. The van der Waals surface area contributed by atoms with Gasteiger partial charge in [0, 0.05) is 5.92 Å². The zero-order valence-electron chi connectivity index (χ0n) is 10.4. The molecule has 0 bridgehead atoms. The Bertz CT molecular complexity index is 105. The van der Waals surface area contributed by atoms with E-state index in [4.69, 9.17) is 0 Å². The molecule has 0 aliphatic rings. The average Bonchev–Trinajstić information content (AvgIpc) is 2.05. The molecule has 0 amide bonds. The summed E-state index contributed by atoms with van der Waals surface area (Å²) < 4.78 is 25.4. The number of halogens is 2. The number of unbranched alkanes of at least 4 members (excludes halogenated alkanes) is 1. The molecule has 0 rings (SSSR count). The van der Waals surface area contributed by atoms with E-state index in [1.54, 1.807) is 0 Å². The molecule has 1 atom stereocenters. The topological polar surface area (TPSA) is 0 Å². The lowest BCUT2D eigenvalue weighted by Crippen LogP contribution is -2.23. The van der Waals surface area contributed by atoms with E-state index >= 15 is 0 Å². The first-order chi connectivity index (χ1) is 6.43. The molecule has 0 heterocycles. The van der Waals surface area contributed by atoms with E-state index in [1.807, 2.05) is 13.8 Å². The van der Waals surface area contributed by atoms with Gasteiger partial charge in [-0.05, 0) is 19.8 Å². The quantitative estimate of drug-likeness (QED) is 0.577. The monoisotopic (exact) mass is 208 g/mol. The average molecular weight is 208 g/mol. The lowest BCUT2D eigenvalue weighted by atomic mass is 9.94. The van der Waals surface area contributed by atoms with E-state index in [1.165, 1.54) is 6.42 Å². The molecule has 0 aromatic rings. The Kier molecular flexibility index (Phi) is 11.0. The Labute approximate surface area is 88.1 Å². The molecule has 88 valence electrons. The second-order valence-corrected chi connectivity index (χ2v) is 3.91. The van der Waals surface area contributed by atoms with Gasteiger partial charge >= 0.3 is 0 Å². The van der Waals surface area contributed by atoms with Gasteiger partial charge < -0.3 is 0 Å². The minimum Gasteiger partial charge on any atom is -0.207 e. The van der Waals surface area contributed by atoms with Crippen LogP contribution in [-0.4, -0.2) is 5.92 Å². The molecule has 0 aromatic heterocycles. The van der Waals surface area contributed by atoms with Crippen LogP contribution in [0.2, 0.25) is 0 Å². The summed E-state index contributed by atoms with van der Waals surface area (Å²) in [6, 6.07) is 0. The van der Waals surface area contributed by atoms with Crippen molar-refractivity contribution >= 4 is 0 Å². The van der Waals surface area contributed by atoms with E-state index in [-0.39, 0.29) is 0 Å². The maximum absolute atomic E-state index is 12.7. The maximum Gasteiger partial charge on any atom is 0.248 e. The van der Waals surface area contributed by atoms with Crippen molar-refractivity contribution in [3.05, 3.63) is 0 Å². The van der Waals surface area contributed by atoms with Gasteiger partial charge in [-0.1, -0.05) is 47.0 Å². The Morgan fingerprint density at radius 2 is 1.50 bits per heavy atom. The molecule has 0 aromatic carbocycles.